The predicted molar refractivity (Wildman–Crippen MR) is 77.4 cm³/mol. The van der Waals surface area contributed by atoms with Crippen molar-refractivity contribution in [3.63, 3.8) is 0 Å². The molecular weight excluding hydrogens is 286 g/mol. The maximum atomic E-state index is 11.5. The number of thiazole rings is 1. The molecule has 5 nitrogen and oxygen atoms in total. The lowest BCUT2D eigenvalue weighted by Crippen LogP contribution is -2.46. The van der Waals surface area contributed by atoms with Crippen molar-refractivity contribution in [2.45, 2.75) is 13.3 Å². The SMILES string of the molecule is CCCN1CCN(c2nc(Cl)c(C(=O)OC)s2)CC1. The Morgan fingerprint density at radius 1 is 1.42 bits per heavy atom. The van der Waals surface area contributed by atoms with Crippen LogP contribution in [-0.2, 0) is 4.74 Å². The molecule has 1 saturated heterocycles. The highest BCUT2D eigenvalue weighted by Crippen LogP contribution is 2.30. The van der Waals surface area contributed by atoms with E-state index in [1.807, 2.05) is 0 Å². The smallest absolute Gasteiger partial charge is 0.351 e. The maximum absolute atomic E-state index is 11.5. The van der Waals surface area contributed by atoms with Gasteiger partial charge in [-0.05, 0) is 13.0 Å². The summed E-state index contributed by atoms with van der Waals surface area (Å²) in [5.74, 6) is -0.418. The molecule has 2 rings (SSSR count). The molecule has 0 aromatic carbocycles. The molecule has 1 aliphatic heterocycles. The third kappa shape index (κ3) is 3.38. The number of rotatable bonds is 4. The molecule has 0 radical (unpaired) electrons. The van der Waals surface area contributed by atoms with E-state index < -0.39 is 5.97 Å². The molecule has 0 aliphatic carbocycles. The number of aromatic nitrogens is 1. The van der Waals surface area contributed by atoms with Gasteiger partial charge in [0.15, 0.2) is 15.2 Å². The lowest BCUT2D eigenvalue weighted by atomic mass is 10.3. The fourth-order valence-corrected chi connectivity index (χ4v) is 3.37. The van der Waals surface area contributed by atoms with E-state index in [1.54, 1.807) is 0 Å². The van der Waals surface area contributed by atoms with E-state index in [0.717, 1.165) is 37.9 Å². The summed E-state index contributed by atoms with van der Waals surface area (Å²) in [6.45, 7) is 7.22. The van der Waals surface area contributed by atoms with Crippen molar-refractivity contribution in [2.75, 3.05) is 44.7 Å². The first kappa shape index (κ1) is 14.6. The second-order valence-corrected chi connectivity index (χ2v) is 5.77. The second kappa shape index (κ2) is 6.54. The van der Waals surface area contributed by atoms with Gasteiger partial charge in [0.25, 0.3) is 0 Å². The van der Waals surface area contributed by atoms with Gasteiger partial charge in [0, 0.05) is 26.2 Å². The van der Waals surface area contributed by atoms with Gasteiger partial charge in [0.05, 0.1) is 7.11 Å². The second-order valence-electron chi connectivity index (χ2n) is 4.44. The van der Waals surface area contributed by atoms with Crippen LogP contribution in [-0.4, -0.2) is 55.7 Å². The van der Waals surface area contributed by atoms with Crippen LogP contribution in [0.3, 0.4) is 0 Å². The molecule has 0 N–H and O–H groups in total. The van der Waals surface area contributed by atoms with Gasteiger partial charge in [-0.2, -0.15) is 0 Å². The Bertz CT molecular complexity index is 444. The number of methoxy groups -OCH3 is 1. The van der Waals surface area contributed by atoms with Gasteiger partial charge in [-0.1, -0.05) is 29.9 Å². The number of carbonyl (C=O) groups excluding carboxylic acids is 1. The number of hydrogen-bond donors (Lipinski definition) is 0. The summed E-state index contributed by atoms with van der Waals surface area (Å²) >= 11 is 7.28. The van der Waals surface area contributed by atoms with Crippen LogP contribution < -0.4 is 4.90 Å². The minimum absolute atomic E-state index is 0.239. The first-order chi connectivity index (χ1) is 9.15. The standard InChI is InChI=1S/C12H18ClN3O2S/c1-3-4-15-5-7-16(8-6-15)12-14-10(13)9(19-12)11(17)18-2/h3-8H2,1-2H3. The lowest BCUT2D eigenvalue weighted by molar-refractivity contribution is 0.0606. The van der Waals surface area contributed by atoms with Gasteiger partial charge < -0.3 is 9.64 Å². The molecule has 0 spiro atoms. The van der Waals surface area contributed by atoms with Crippen molar-refractivity contribution in [3.8, 4) is 0 Å². The number of ether oxygens (including phenoxy) is 1. The fourth-order valence-electron chi connectivity index (χ4n) is 2.12. The molecule has 106 valence electrons. The van der Waals surface area contributed by atoms with E-state index in [2.05, 4.69) is 26.4 Å². The largest absolute Gasteiger partial charge is 0.465 e. The predicted octanol–water partition coefficient (Wildman–Crippen LogP) is 2.12. The van der Waals surface area contributed by atoms with Crippen LogP contribution in [0.25, 0.3) is 0 Å². The van der Waals surface area contributed by atoms with E-state index in [1.165, 1.54) is 24.9 Å². The summed E-state index contributed by atoms with van der Waals surface area (Å²) in [6, 6.07) is 0. The normalized spacial score (nSPS) is 16.7. The zero-order chi connectivity index (χ0) is 13.8. The summed E-state index contributed by atoms with van der Waals surface area (Å²) in [4.78, 5) is 20.8. The summed E-state index contributed by atoms with van der Waals surface area (Å²) in [5, 5.41) is 1.05. The van der Waals surface area contributed by atoms with Gasteiger partial charge in [-0.3, -0.25) is 4.90 Å². The molecule has 0 bridgehead atoms. The maximum Gasteiger partial charge on any atom is 0.351 e. The molecular formula is C12H18ClN3O2S. The number of anilines is 1. The Hall–Kier alpha value is -0.850. The minimum atomic E-state index is -0.418. The number of hydrogen-bond acceptors (Lipinski definition) is 6. The summed E-state index contributed by atoms with van der Waals surface area (Å²) in [7, 11) is 1.35. The van der Waals surface area contributed by atoms with Crippen LogP contribution >= 0.6 is 22.9 Å². The van der Waals surface area contributed by atoms with Gasteiger partial charge in [0.1, 0.15) is 0 Å². The van der Waals surface area contributed by atoms with E-state index in [4.69, 9.17) is 11.6 Å². The van der Waals surface area contributed by atoms with Crippen LogP contribution in [0.4, 0.5) is 5.13 Å². The number of carbonyl (C=O) groups is 1. The van der Waals surface area contributed by atoms with Crippen molar-refractivity contribution in [1.29, 1.82) is 0 Å². The van der Waals surface area contributed by atoms with Gasteiger partial charge >= 0.3 is 5.97 Å². The first-order valence-corrected chi connectivity index (χ1v) is 7.57. The zero-order valence-corrected chi connectivity index (χ0v) is 12.8. The molecule has 19 heavy (non-hydrogen) atoms. The Balaban J connectivity index is 2.02. The number of nitrogens with zero attached hydrogens (tertiary/aromatic N) is 3. The highest BCUT2D eigenvalue weighted by atomic mass is 35.5. The Kier molecular flexibility index (Phi) is 5.01. The molecule has 1 fully saturated rings. The minimum Gasteiger partial charge on any atom is -0.465 e. The lowest BCUT2D eigenvalue weighted by Gasteiger charge is -2.34. The molecule has 0 amide bonds. The summed E-state index contributed by atoms with van der Waals surface area (Å²) < 4.78 is 4.69. The molecule has 2 heterocycles. The van der Waals surface area contributed by atoms with Crippen LogP contribution in [0, 0.1) is 0 Å². The van der Waals surface area contributed by atoms with Crippen molar-refractivity contribution in [2.24, 2.45) is 0 Å². The van der Waals surface area contributed by atoms with Gasteiger partial charge in [-0.25, -0.2) is 9.78 Å². The van der Waals surface area contributed by atoms with E-state index >= 15 is 0 Å². The highest BCUT2D eigenvalue weighted by molar-refractivity contribution is 7.18. The third-order valence-corrected chi connectivity index (χ3v) is 4.61. The fraction of sp³-hybridized carbons (Fsp3) is 0.667. The molecule has 0 atom stereocenters. The van der Waals surface area contributed by atoms with Crippen LogP contribution in [0.2, 0.25) is 5.15 Å². The number of piperazine rings is 1. The average Bonchev–Trinajstić information content (AvgIpc) is 2.81. The monoisotopic (exact) mass is 303 g/mol. The highest BCUT2D eigenvalue weighted by Gasteiger charge is 2.23. The molecule has 1 aromatic heterocycles. The molecule has 0 saturated carbocycles. The third-order valence-electron chi connectivity index (χ3n) is 3.13. The van der Waals surface area contributed by atoms with Crippen molar-refractivity contribution < 1.29 is 9.53 Å². The molecule has 0 unspecified atom stereocenters. The Morgan fingerprint density at radius 3 is 2.68 bits per heavy atom. The van der Waals surface area contributed by atoms with Crippen LogP contribution in [0.15, 0.2) is 0 Å². The van der Waals surface area contributed by atoms with Crippen molar-refractivity contribution >= 4 is 34.0 Å². The topological polar surface area (TPSA) is 45.7 Å². The summed E-state index contributed by atoms with van der Waals surface area (Å²) in [5.41, 5.74) is 0. The average molecular weight is 304 g/mol. The summed E-state index contributed by atoms with van der Waals surface area (Å²) in [6.07, 6.45) is 1.18. The van der Waals surface area contributed by atoms with Crippen molar-refractivity contribution in [3.05, 3.63) is 10.0 Å². The van der Waals surface area contributed by atoms with Crippen LogP contribution in [0.1, 0.15) is 23.0 Å². The number of halogens is 1. The quantitative estimate of drug-likeness (QED) is 0.797. The Labute approximate surface area is 122 Å². The van der Waals surface area contributed by atoms with E-state index in [9.17, 15) is 4.79 Å². The molecule has 1 aliphatic rings. The van der Waals surface area contributed by atoms with Crippen molar-refractivity contribution in [1.82, 2.24) is 9.88 Å². The zero-order valence-electron chi connectivity index (χ0n) is 11.2. The van der Waals surface area contributed by atoms with Gasteiger partial charge in [-0.15, -0.1) is 0 Å². The molecule has 7 heteroatoms. The van der Waals surface area contributed by atoms with E-state index in [0.29, 0.717) is 4.88 Å². The Morgan fingerprint density at radius 2 is 2.11 bits per heavy atom. The van der Waals surface area contributed by atoms with E-state index in [-0.39, 0.29) is 5.15 Å². The number of esters is 1. The molecule has 1 aromatic rings. The van der Waals surface area contributed by atoms with Gasteiger partial charge in [0.2, 0.25) is 0 Å². The first-order valence-electron chi connectivity index (χ1n) is 6.37. The van der Waals surface area contributed by atoms with Crippen LogP contribution in [0.5, 0.6) is 0 Å².